The smallest absolute Gasteiger partial charge is 0.263 e. The highest BCUT2D eigenvalue weighted by Gasteiger charge is 2.30. The molecule has 84 valence electrons. The standard InChI is InChI=1S/C12H13NO3/c1-13-7-6-11(12(13)15)16-10-4-2-9(8-14)3-5-10/h2-5,8,11H,6-7H2,1H3. The Balaban J connectivity index is 2.04. The summed E-state index contributed by atoms with van der Waals surface area (Å²) >= 11 is 0. The topological polar surface area (TPSA) is 46.6 Å². The Morgan fingerprint density at radius 2 is 2.06 bits per heavy atom. The molecule has 1 unspecified atom stereocenters. The number of aldehydes is 1. The second-order valence-electron chi connectivity index (χ2n) is 3.84. The minimum Gasteiger partial charge on any atom is -0.481 e. The van der Waals surface area contributed by atoms with E-state index in [2.05, 4.69) is 0 Å². The first-order valence-electron chi connectivity index (χ1n) is 5.17. The Morgan fingerprint density at radius 3 is 2.56 bits per heavy atom. The van der Waals surface area contributed by atoms with Gasteiger partial charge < -0.3 is 9.64 Å². The molecule has 0 bridgehead atoms. The van der Waals surface area contributed by atoms with E-state index in [0.717, 1.165) is 12.8 Å². The fourth-order valence-electron chi connectivity index (χ4n) is 1.69. The number of carbonyl (C=O) groups excluding carboxylic acids is 2. The Bertz CT molecular complexity index is 399. The summed E-state index contributed by atoms with van der Waals surface area (Å²) in [5.41, 5.74) is 0.599. The average molecular weight is 219 g/mol. The first-order valence-corrected chi connectivity index (χ1v) is 5.17. The first-order chi connectivity index (χ1) is 7.70. The molecule has 4 heteroatoms. The molecule has 1 saturated heterocycles. The number of likely N-dealkylation sites (tertiary alicyclic amines) is 1. The van der Waals surface area contributed by atoms with Crippen molar-refractivity contribution in [2.24, 2.45) is 0 Å². The molecule has 4 nitrogen and oxygen atoms in total. The van der Waals surface area contributed by atoms with Crippen LogP contribution in [0.25, 0.3) is 0 Å². The molecule has 1 fully saturated rings. The molecule has 1 aliphatic rings. The van der Waals surface area contributed by atoms with E-state index in [1.165, 1.54) is 0 Å². The van der Waals surface area contributed by atoms with Gasteiger partial charge in [0.05, 0.1) is 0 Å². The van der Waals surface area contributed by atoms with Crippen molar-refractivity contribution in [1.82, 2.24) is 4.90 Å². The first kappa shape index (κ1) is 10.7. The second kappa shape index (κ2) is 4.35. The van der Waals surface area contributed by atoms with Crippen LogP contribution in [0.2, 0.25) is 0 Å². The minimum absolute atomic E-state index is 0.0134. The Hall–Kier alpha value is -1.84. The van der Waals surface area contributed by atoms with Crippen LogP contribution < -0.4 is 4.74 Å². The summed E-state index contributed by atoms with van der Waals surface area (Å²) in [5, 5.41) is 0. The van der Waals surface area contributed by atoms with Gasteiger partial charge in [0.25, 0.3) is 5.91 Å². The van der Waals surface area contributed by atoms with Crippen molar-refractivity contribution in [2.75, 3.05) is 13.6 Å². The fraction of sp³-hybridized carbons (Fsp3) is 0.333. The highest BCUT2D eigenvalue weighted by atomic mass is 16.5. The van der Waals surface area contributed by atoms with Crippen molar-refractivity contribution >= 4 is 12.2 Å². The van der Waals surface area contributed by atoms with E-state index in [4.69, 9.17) is 4.74 Å². The van der Waals surface area contributed by atoms with Gasteiger partial charge in [-0.05, 0) is 24.3 Å². The van der Waals surface area contributed by atoms with Gasteiger partial charge >= 0.3 is 0 Å². The lowest BCUT2D eigenvalue weighted by atomic mass is 10.2. The molecule has 1 amide bonds. The summed E-state index contributed by atoms with van der Waals surface area (Å²) in [6, 6.07) is 6.75. The highest BCUT2D eigenvalue weighted by Crippen LogP contribution is 2.18. The van der Waals surface area contributed by atoms with Gasteiger partial charge in [-0.1, -0.05) is 0 Å². The van der Waals surface area contributed by atoms with Crippen molar-refractivity contribution in [3.8, 4) is 5.75 Å². The van der Waals surface area contributed by atoms with Crippen LogP contribution in [0.3, 0.4) is 0 Å². The number of rotatable bonds is 3. The van der Waals surface area contributed by atoms with Crippen molar-refractivity contribution in [2.45, 2.75) is 12.5 Å². The highest BCUT2D eigenvalue weighted by molar-refractivity contribution is 5.83. The number of nitrogens with zero attached hydrogens (tertiary/aromatic N) is 1. The number of hydrogen-bond acceptors (Lipinski definition) is 3. The van der Waals surface area contributed by atoms with Gasteiger partial charge in [0, 0.05) is 25.6 Å². The molecule has 0 aromatic heterocycles. The molecule has 1 aromatic carbocycles. The summed E-state index contributed by atoms with van der Waals surface area (Å²) in [7, 11) is 1.77. The van der Waals surface area contributed by atoms with Crippen LogP contribution in [0.1, 0.15) is 16.8 Å². The van der Waals surface area contributed by atoms with Crippen LogP contribution in [0, 0.1) is 0 Å². The van der Waals surface area contributed by atoms with Crippen LogP contribution in [0.5, 0.6) is 5.75 Å². The van der Waals surface area contributed by atoms with Crippen molar-refractivity contribution < 1.29 is 14.3 Å². The van der Waals surface area contributed by atoms with Crippen LogP contribution in [-0.4, -0.2) is 36.8 Å². The zero-order valence-corrected chi connectivity index (χ0v) is 9.05. The molecule has 2 rings (SSSR count). The summed E-state index contributed by atoms with van der Waals surface area (Å²) < 4.78 is 5.55. The molecule has 0 aliphatic carbocycles. The Morgan fingerprint density at radius 1 is 1.38 bits per heavy atom. The monoisotopic (exact) mass is 219 g/mol. The molecular formula is C12H13NO3. The lowest BCUT2D eigenvalue weighted by molar-refractivity contribution is -0.132. The third-order valence-electron chi connectivity index (χ3n) is 2.67. The Labute approximate surface area is 93.8 Å². The Kier molecular flexibility index (Phi) is 2.90. The van der Waals surface area contributed by atoms with E-state index >= 15 is 0 Å². The van der Waals surface area contributed by atoms with E-state index < -0.39 is 0 Å². The molecule has 1 atom stereocenters. The maximum atomic E-state index is 11.6. The number of ether oxygens (including phenoxy) is 1. The zero-order valence-electron chi connectivity index (χ0n) is 9.05. The number of benzene rings is 1. The van der Waals surface area contributed by atoms with E-state index in [0.29, 0.717) is 17.7 Å². The molecular weight excluding hydrogens is 206 g/mol. The van der Waals surface area contributed by atoms with Gasteiger partial charge in [-0.15, -0.1) is 0 Å². The van der Waals surface area contributed by atoms with Crippen LogP contribution in [-0.2, 0) is 4.79 Å². The fourth-order valence-corrected chi connectivity index (χ4v) is 1.69. The number of amides is 1. The normalized spacial score (nSPS) is 19.9. The van der Waals surface area contributed by atoms with Crippen molar-refractivity contribution in [1.29, 1.82) is 0 Å². The van der Waals surface area contributed by atoms with E-state index in [1.807, 2.05) is 0 Å². The van der Waals surface area contributed by atoms with Crippen LogP contribution in [0.15, 0.2) is 24.3 Å². The van der Waals surface area contributed by atoms with Crippen molar-refractivity contribution in [3.63, 3.8) is 0 Å². The maximum absolute atomic E-state index is 11.6. The molecule has 0 spiro atoms. The number of likely N-dealkylation sites (N-methyl/N-ethyl adjacent to an activating group) is 1. The third kappa shape index (κ3) is 2.05. The lowest BCUT2D eigenvalue weighted by Gasteiger charge is -2.12. The molecule has 0 radical (unpaired) electrons. The van der Waals surface area contributed by atoms with Gasteiger partial charge in [0.15, 0.2) is 6.10 Å². The van der Waals surface area contributed by atoms with E-state index in [-0.39, 0.29) is 12.0 Å². The average Bonchev–Trinajstić information content (AvgIpc) is 2.62. The SMILES string of the molecule is CN1CCC(Oc2ccc(C=O)cc2)C1=O. The van der Waals surface area contributed by atoms with Crippen molar-refractivity contribution in [3.05, 3.63) is 29.8 Å². The lowest BCUT2D eigenvalue weighted by Crippen LogP contribution is -2.29. The molecule has 1 aromatic rings. The summed E-state index contributed by atoms with van der Waals surface area (Å²) in [5.74, 6) is 0.638. The summed E-state index contributed by atoms with van der Waals surface area (Å²) in [4.78, 5) is 23.7. The van der Waals surface area contributed by atoms with E-state index in [9.17, 15) is 9.59 Å². The number of carbonyl (C=O) groups is 2. The minimum atomic E-state index is -0.382. The van der Waals surface area contributed by atoms with E-state index in [1.54, 1.807) is 36.2 Å². The molecule has 1 heterocycles. The van der Waals surface area contributed by atoms with Gasteiger partial charge in [-0.2, -0.15) is 0 Å². The number of hydrogen-bond donors (Lipinski definition) is 0. The van der Waals surface area contributed by atoms with Crippen LogP contribution >= 0.6 is 0 Å². The predicted molar refractivity (Wildman–Crippen MR) is 58.5 cm³/mol. The van der Waals surface area contributed by atoms with Gasteiger partial charge in [-0.25, -0.2) is 0 Å². The largest absolute Gasteiger partial charge is 0.481 e. The molecule has 1 aliphatic heterocycles. The van der Waals surface area contributed by atoms with Gasteiger partial charge in [0.1, 0.15) is 12.0 Å². The van der Waals surface area contributed by atoms with Crippen LogP contribution in [0.4, 0.5) is 0 Å². The maximum Gasteiger partial charge on any atom is 0.263 e. The van der Waals surface area contributed by atoms with Gasteiger partial charge in [-0.3, -0.25) is 9.59 Å². The predicted octanol–water partition coefficient (Wildman–Crippen LogP) is 1.11. The molecule has 0 saturated carbocycles. The van der Waals surface area contributed by atoms with Gasteiger partial charge in [0.2, 0.25) is 0 Å². The summed E-state index contributed by atoms with van der Waals surface area (Å²) in [6.45, 7) is 0.732. The third-order valence-corrected chi connectivity index (χ3v) is 2.67. The second-order valence-corrected chi connectivity index (χ2v) is 3.84. The molecule has 0 N–H and O–H groups in total. The summed E-state index contributed by atoms with van der Waals surface area (Å²) in [6.07, 6.45) is 1.11. The zero-order chi connectivity index (χ0) is 11.5. The quantitative estimate of drug-likeness (QED) is 0.715. The molecule has 16 heavy (non-hydrogen) atoms.